The fraction of sp³-hybridized carbons (Fsp3) is 0.333. The lowest BCUT2D eigenvalue weighted by Gasteiger charge is -2.09. The molecular formula is C18H23Cl2NO3. The summed E-state index contributed by atoms with van der Waals surface area (Å²) in [6.07, 6.45) is 0. The number of hydrogen-bond donors (Lipinski definition) is 2. The van der Waals surface area contributed by atoms with Crippen molar-refractivity contribution in [2.24, 2.45) is 0 Å². The van der Waals surface area contributed by atoms with Gasteiger partial charge in [-0.15, -0.1) is 12.4 Å². The molecule has 0 aliphatic carbocycles. The van der Waals surface area contributed by atoms with E-state index in [2.05, 4.69) is 5.32 Å². The number of nitrogens with one attached hydrogen (secondary N) is 1. The predicted octanol–water partition coefficient (Wildman–Crippen LogP) is 3.44. The van der Waals surface area contributed by atoms with Gasteiger partial charge in [0.1, 0.15) is 12.4 Å². The summed E-state index contributed by atoms with van der Waals surface area (Å²) in [6, 6.07) is 15.6. The molecule has 0 saturated heterocycles. The molecule has 2 rings (SSSR count). The summed E-state index contributed by atoms with van der Waals surface area (Å²) < 4.78 is 10.9. The first-order valence-electron chi connectivity index (χ1n) is 7.64. The molecule has 0 spiro atoms. The Balaban J connectivity index is 0.00000288. The molecule has 132 valence electrons. The Labute approximate surface area is 154 Å². The van der Waals surface area contributed by atoms with Crippen molar-refractivity contribution in [3.63, 3.8) is 0 Å². The third kappa shape index (κ3) is 7.51. The van der Waals surface area contributed by atoms with E-state index in [9.17, 15) is 0 Å². The minimum Gasteiger partial charge on any atom is -0.489 e. The minimum atomic E-state index is 0. The van der Waals surface area contributed by atoms with E-state index in [1.807, 2.05) is 48.5 Å². The van der Waals surface area contributed by atoms with Gasteiger partial charge >= 0.3 is 0 Å². The summed E-state index contributed by atoms with van der Waals surface area (Å²) >= 11 is 6.11. The van der Waals surface area contributed by atoms with Gasteiger partial charge in [0.25, 0.3) is 0 Å². The SMILES string of the molecule is Cl.OCCOCCNCc1ccc(OCc2ccccc2Cl)cc1. The van der Waals surface area contributed by atoms with Crippen LogP contribution in [0.3, 0.4) is 0 Å². The average molecular weight is 372 g/mol. The number of ether oxygens (including phenoxy) is 2. The summed E-state index contributed by atoms with van der Waals surface area (Å²) in [4.78, 5) is 0. The molecule has 2 aromatic rings. The third-order valence-electron chi connectivity index (χ3n) is 3.26. The van der Waals surface area contributed by atoms with Gasteiger partial charge in [0.05, 0.1) is 19.8 Å². The smallest absolute Gasteiger partial charge is 0.119 e. The molecule has 0 radical (unpaired) electrons. The molecule has 0 aromatic heterocycles. The number of rotatable bonds is 10. The first-order chi connectivity index (χ1) is 11.3. The van der Waals surface area contributed by atoms with Gasteiger partial charge < -0.3 is 19.9 Å². The Morgan fingerprint density at radius 1 is 1.00 bits per heavy atom. The summed E-state index contributed by atoms with van der Waals surface area (Å²) in [5.41, 5.74) is 2.15. The molecule has 0 bridgehead atoms. The summed E-state index contributed by atoms with van der Waals surface area (Å²) in [5, 5.41) is 12.6. The Kier molecular flexibility index (Phi) is 10.5. The van der Waals surface area contributed by atoms with Gasteiger partial charge in [-0.25, -0.2) is 0 Å². The van der Waals surface area contributed by atoms with Gasteiger partial charge in [-0.2, -0.15) is 0 Å². The Morgan fingerprint density at radius 2 is 1.75 bits per heavy atom. The van der Waals surface area contributed by atoms with Gasteiger partial charge in [0.2, 0.25) is 0 Å². The molecule has 6 heteroatoms. The number of aliphatic hydroxyl groups is 1. The highest BCUT2D eigenvalue weighted by molar-refractivity contribution is 6.31. The molecule has 2 N–H and O–H groups in total. The zero-order chi connectivity index (χ0) is 16.3. The maximum absolute atomic E-state index is 8.59. The number of halogens is 2. The molecule has 4 nitrogen and oxygen atoms in total. The molecule has 0 aliphatic heterocycles. The zero-order valence-electron chi connectivity index (χ0n) is 13.4. The molecular weight excluding hydrogens is 349 g/mol. The molecule has 0 fully saturated rings. The lowest BCUT2D eigenvalue weighted by Crippen LogP contribution is -2.19. The van der Waals surface area contributed by atoms with Crippen molar-refractivity contribution in [2.45, 2.75) is 13.2 Å². The van der Waals surface area contributed by atoms with E-state index in [0.29, 0.717) is 19.8 Å². The second kappa shape index (κ2) is 12.1. The van der Waals surface area contributed by atoms with Crippen LogP contribution < -0.4 is 10.1 Å². The molecule has 0 unspecified atom stereocenters. The number of benzene rings is 2. The Morgan fingerprint density at radius 3 is 2.46 bits per heavy atom. The lowest BCUT2D eigenvalue weighted by atomic mass is 10.2. The first-order valence-corrected chi connectivity index (χ1v) is 8.02. The fourth-order valence-corrected chi connectivity index (χ4v) is 2.21. The Hall–Kier alpha value is -1.30. The lowest BCUT2D eigenvalue weighted by molar-refractivity contribution is 0.0938. The van der Waals surface area contributed by atoms with Crippen molar-refractivity contribution >= 4 is 24.0 Å². The van der Waals surface area contributed by atoms with Crippen molar-refractivity contribution in [3.05, 3.63) is 64.7 Å². The van der Waals surface area contributed by atoms with Gasteiger partial charge in [-0.05, 0) is 23.8 Å². The van der Waals surface area contributed by atoms with Crippen molar-refractivity contribution in [2.75, 3.05) is 26.4 Å². The van der Waals surface area contributed by atoms with Gasteiger partial charge in [-0.3, -0.25) is 0 Å². The highest BCUT2D eigenvalue weighted by atomic mass is 35.5. The predicted molar refractivity (Wildman–Crippen MR) is 99.1 cm³/mol. The van der Waals surface area contributed by atoms with Crippen molar-refractivity contribution in [3.8, 4) is 5.75 Å². The quantitative estimate of drug-likeness (QED) is 0.628. The van der Waals surface area contributed by atoms with Crippen LogP contribution in [0.5, 0.6) is 5.75 Å². The molecule has 0 atom stereocenters. The Bertz CT molecular complexity index is 579. The maximum Gasteiger partial charge on any atom is 0.119 e. The van der Waals surface area contributed by atoms with E-state index in [4.69, 9.17) is 26.2 Å². The van der Waals surface area contributed by atoms with Crippen LogP contribution in [0, 0.1) is 0 Å². The van der Waals surface area contributed by atoms with Crippen molar-refractivity contribution in [1.82, 2.24) is 5.32 Å². The van der Waals surface area contributed by atoms with Crippen LogP contribution in [0.15, 0.2) is 48.5 Å². The minimum absolute atomic E-state index is 0. The van der Waals surface area contributed by atoms with Gasteiger partial charge in [0, 0.05) is 23.7 Å². The second-order valence-electron chi connectivity index (χ2n) is 5.04. The van der Waals surface area contributed by atoms with Crippen LogP contribution in [-0.2, 0) is 17.9 Å². The standard InChI is InChI=1S/C18H22ClNO3.ClH/c19-18-4-2-1-3-16(18)14-23-17-7-5-15(6-8-17)13-20-9-11-22-12-10-21;/h1-8,20-21H,9-14H2;1H. The molecule has 0 saturated carbocycles. The van der Waals surface area contributed by atoms with Crippen LogP contribution in [-0.4, -0.2) is 31.5 Å². The van der Waals surface area contributed by atoms with E-state index in [-0.39, 0.29) is 19.0 Å². The zero-order valence-corrected chi connectivity index (χ0v) is 15.0. The molecule has 0 aliphatic rings. The van der Waals surface area contributed by atoms with E-state index in [0.717, 1.165) is 29.4 Å². The largest absolute Gasteiger partial charge is 0.489 e. The number of hydrogen-bond acceptors (Lipinski definition) is 4. The summed E-state index contributed by atoms with van der Waals surface area (Å²) in [6.45, 7) is 3.03. The molecule has 2 aromatic carbocycles. The average Bonchev–Trinajstić information content (AvgIpc) is 2.58. The van der Waals surface area contributed by atoms with Crippen LogP contribution >= 0.6 is 24.0 Å². The van der Waals surface area contributed by atoms with E-state index < -0.39 is 0 Å². The highest BCUT2D eigenvalue weighted by Gasteiger charge is 2.01. The maximum atomic E-state index is 8.59. The first kappa shape index (κ1) is 20.7. The summed E-state index contributed by atoms with van der Waals surface area (Å²) in [7, 11) is 0. The highest BCUT2D eigenvalue weighted by Crippen LogP contribution is 2.18. The monoisotopic (exact) mass is 371 g/mol. The van der Waals surface area contributed by atoms with E-state index in [1.165, 1.54) is 5.56 Å². The fourth-order valence-electron chi connectivity index (χ4n) is 2.02. The molecule has 24 heavy (non-hydrogen) atoms. The van der Waals surface area contributed by atoms with E-state index >= 15 is 0 Å². The van der Waals surface area contributed by atoms with Crippen LogP contribution in [0.4, 0.5) is 0 Å². The molecule has 0 amide bonds. The van der Waals surface area contributed by atoms with Crippen LogP contribution in [0.25, 0.3) is 0 Å². The number of aliphatic hydroxyl groups excluding tert-OH is 1. The van der Waals surface area contributed by atoms with Crippen molar-refractivity contribution < 1.29 is 14.6 Å². The topological polar surface area (TPSA) is 50.7 Å². The van der Waals surface area contributed by atoms with Crippen molar-refractivity contribution in [1.29, 1.82) is 0 Å². The van der Waals surface area contributed by atoms with Gasteiger partial charge in [0.15, 0.2) is 0 Å². The molecule has 0 heterocycles. The second-order valence-corrected chi connectivity index (χ2v) is 5.44. The van der Waals surface area contributed by atoms with Crippen LogP contribution in [0.1, 0.15) is 11.1 Å². The third-order valence-corrected chi connectivity index (χ3v) is 3.63. The summed E-state index contributed by atoms with van der Waals surface area (Å²) in [5.74, 6) is 0.819. The normalized spacial score (nSPS) is 10.2. The van der Waals surface area contributed by atoms with Crippen LogP contribution in [0.2, 0.25) is 5.02 Å². The van der Waals surface area contributed by atoms with Gasteiger partial charge in [-0.1, -0.05) is 41.9 Å². The van der Waals surface area contributed by atoms with E-state index in [1.54, 1.807) is 0 Å².